The Bertz CT molecular complexity index is 1220. The minimum Gasteiger partial charge on any atom is -0.292 e. The van der Waals surface area contributed by atoms with Gasteiger partial charge in [0.25, 0.3) is 5.69 Å². The Labute approximate surface area is 182 Å². The molecule has 0 bridgehead atoms. The van der Waals surface area contributed by atoms with E-state index in [1.165, 1.54) is 35.5 Å². The molecule has 0 N–H and O–H groups in total. The summed E-state index contributed by atoms with van der Waals surface area (Å²) in [5, 5.41) is 16.9. The standard InChI is InChI=1S/C23H18N4O5/c1-13-7-9-15(10-8-13)25-22(29)18-17-6-3-11-24-26(17)20(19(18)23(25)30)21(28)14-4-2-5-16(12-14)27(31)32/h2-12,17-20H,1H3. The van der Waals surface area contributed by atoms with Gasteiger partial charge in [-0.2, -0.15) is 5.10 Å². The van der Waals surface area contributed by atoms with Crippen molar-refractivity contribution in [2.45, 2.75) is 19.0 Å². The molecule has 0 spiro atoms. The van der Waals surface area contributed by atoms with Crippen molar-refractivity contribution < 1.29 is 19.3 Å². The third-order valence-corrected chi connectivity index (χ3v) is 6.19. The van der Waals surface area contributed by atoms with Crippen LogP contribution in [0.1, 0.15) is 15.9 Å². The molecule has 0 radical (unpaired) electrons. The maximum atomic E-state index is 13.5. The molecule has 2 aromatic carbocycles. The number of nitrogens with zero attached hydrogens (tertiary/aromatic N) is 4. The molecule has 0 aromatic heterocycles. The molecule has 3 heterocycles. The Morgan fingerprint density at radius 3 is 2.50 bits per heavy atom. The van der Waals surface area contributed by atoms with E-state index in [0.29, 0.717) is 5.69 Å². The van der Waals surface area contributed by atoms with Crippen LogP contribution in [0.15, 0.2) is 65.8 Å². The molecule has 2 aromatic rings. The number of anilines is 1. The number of hydrazone groups is 1. The number of rotatable bonds is 4. The minimum absolute atomic E-state index is 0.0994. The van der Waals surface area contributed by atoms with Gasteiger partial charge in [0.2, 0.25) is 11.8 Å². The molecular weight excluding hydrogens is 412 g/mol. The van der Waals surface area contributed by atoms with Gasteiger partial charge in [-0.3, -0.25) is 29.5 Å². The minimum atomic E-state index is -1.04. The van der Waals surface area contributed by atoms with Crippen molar-refractivity contribution >= 4 is 35.2 Å². The van der Waals surface area contributed by atoms with Crippen molar-refractivity contribution in [1.82, 2.24) is 5.01 Å². The van der Waals surface area contributed by atoms with Crippen LogP contribution >= 0.6 is 0 Å². The second-order valence-electron chi connectivity index (χ2n) is 8.04. The van der Waals surface area contributed by atoms with E-state index in [1.807, 2.05) is 19.1 Å². The van der Waals surface area contributed by atoms with E-state index in [-0.39, 0.29) is 17.2 Å². The molecule has 0 aliphatic carbocycles. The molecule has 32 heavy (non-hydrogen) atoms. The third kappa shape index (κ3) is 2.85. The number of nitro benzene ring substituents is 1. The summed E-state index contributed by atoms with van der Waals surface area (Å²) < 4.78 is 0. The van der Waals surface area contributed by atoms with E-state index >= 15 is 0 Å². The van der Waals surface area contributed by atoms with Crippen LogP contribution in [0.5, 0.6) is 0 Å². The molecule has 9 heteroatoms. The number of allylic oxidation sites excluding steroid dienone is 1. The molecule has 0 saturated carbocycles. The highest BCUT2D eigenvalue weighted by molar-refractivity contribution is 6.24. The van der Waals surface area contributed by atoms with E-state index < -0.39 is 40.5 Å². The average molecular weight is 430 g/mol. The monoisotopic (exact) mass is 430 g/mol. The highest BCUT2D eigenvalue weighted by Gasteiger charge is 2.64. The van der Waals surface area contributed by atoms with Crippen LogP contribution in [0.2, 0.25) is 0 Å². The van der Waals surface area contributed by atoms with E-state index in [0.717, 1.165) is 10.5 Å². The van der Waals surface area contributed by atoms with Crippen molar-refractivity contribution in [3.63, 3.8) is 0 Å². The number of hydrogen-bond donors (Lipinski definition) is 0. The number of imide groups is 1. The number of benzene rings is 2. The third-order valence-electron chi connectivity index (χ3n) is 6.19. The van der Waals surface area contributed by atoms with Crippen LogP contribution in [0.3, 0.4) is 0 Å². The normalized spacial score (nSPS) is 25.8. The van der Waals surface area contributed by atoms with Crippen molar-refractivity contribution in [1.29, 1.82) is 0 Å². The Morgan fingerprint density at radius 2 is 1.78 bits per heavy atom. The number of Topliss-reactive ketones (excluding diaryl/α,β-unsaturated/α-hetero) is 1. The van der Waals surface area contributed by atoms with E-state index in [4.69, 9.17) is 0 Å². The quantitative estimate of drug-likeness (QED) is 0.319. The smallest absolute Gasteiger partial charge is 0.270 e. The number of hydrogen-bond acceptors (Lipinski definition) is 7. The van der Waals surface area contributed by atoms with Gasteiger partial charge in [0.05, 0.1) is 28.5 Å². The Balaban J connectivity index is 1.57. The number of nitro groups is 1. The topological polar surface area (TPSA) is 113 Å². The maximum Gasteiger partial charge on any atom is 0.270 e. The lowest BCUT2D eigenvalue weighted by molar-refractivity contribution is -0.384. The molecule has 160 valence electrons. The van der Waals surface area contributed by atoms with Gasteiger partial charge in [-0.25, -0.2) is 4.90 Å². The predicted molar refractivity (Wildman–Crippen MR) is 115 cm³/mol. The predicted octanol–water partition coefficient (Wildman–Crippen LogP) is 2.50. The lowest BCUT2D eigenvalue weighted by atomic mass is 9.86. The molecular formula is C23H18N4O5. The van der Waals surface area contributed by atoms with Gasteiger partial charge in [0.1, 0.15) is 6.04 Å². The SMILES string of the molecule is Cc1ccc(N2C(=O)C3C(C2=O)C(C(=O)c2cccc([N+](=O)[O-])c2)N2N=CC=CC32)cc1. The average Bonchev–Trinajstić information content (AvgIpc) is 3.27. The highest BCUT2D eigenvalue weighted by Crippen LogP contribution is 2.46. The Hall–Kier alpha value is -4.14. The number of ketones is 1. The number of fused-ring (bicyclic) bond motifs is 3. The number of amides is 2. The molecule has 2 fully saturated rings. The van der Waals surface area contributed by atoms with Gasteiger partial charge >= 0.3 is 0 Å². The Morgan fingerprint density at radius 1 is 1.06 bits per heavy atom. The summed E-state index contributed by atoms with van der Waals surface area (Å²) in [6.07, 6.45) is 4.94. The first-order valence-electron chi connectivity index (χ1n) is 10.1. The van der Waals surface area contributed by atoms with Crippen LogP contribution in [0.25, 0.3) is 0 Å². The summed E-state index contributed by atoms with van der Waals surface area (Å²) in [4.78, 5) is 52.1. The van der Waals surface area contributed by atoms with Crippen LogP contribution in [-0.4, -0.2) is 45.8 Å². The summed E-state index contributed by atoms with van der Waals surface area (Å²) in [6.45, 7) is 1.91. The molecule has 3 aliphatic heterocycles. The van der Waals surface area contributed by atoms with Gasteiger partial charge < -0.3 is 0 Å². The fraction of sp³-hybridized carbons (Fsp3) is 0.217. The highest BCUT2D eigenvalue weighted by atomic mass is 16.6. The second kappa shape index (κ2) is 7.23. The van der Waals surface area contributed by atoms with Crippen LogP contribution < -0.4 is 4.90 Å². The van der Waals surface area contributed by atoms with Crippen LogP contribution in [-0.2, 0) is 9.59 Å². The fourth-order valence-corrected chi connectivity index (χ4v) is 4.73. The van der Waals surface area contributed by atoms with Crippen molar-refractivity contribution in [3.05, 3.63) is 81.9 Å². The zero-order valence-corrected chi connectivity index (χ0v) is 17.0. The zero-order chi connectivity index (χ0) is 22.6. The van der Waals surface area contributed by atoms with Crippen LogP contribution in [0.4, 0.5) is 11.4 Å². The van der Waals surface area contributed by atoms with Gasteiger partial charge in [-0.1, -0.05) is 35.9 Å². The summed E-state index contributed by atoms with van der Waals surface area (Å²) in [7, 11) is 0. The molecule has 2 saturated heterocycles. The number of carbonyl (C=O) groups excluding carboxylic acids is 3. The van der Waals surface area contributed by atoms with E-state index in [2.05, 4.69) is 5.10 Å². The summed E-state index contributed by atoms with van der Waals surface area (Å²) >= 11 is 0. The van der Waals surface area contributed by atoms with Gasteiger partial charge in [0, 0.05) is 23.9 Å². The first kappa shape index (κ1) is 19.8. The Kier molecular flexibility index (Phi) is 4.47. The maximum absolute atomic E-state index is 13.5. The number of carbonyl (C=O) groups is 3. The van der Waals surface area contributed by atoms with Gasteiger partial charge in [-0.15, -0.1) is 0 Å². The molecule has 4 atom stereocenters. The lowest BCUT2D eigenvalue weighted by Gasteiger charge is -2.30. The summed E-state index contributed by atoms with van der Waals surface area (Å²) in [5.41, 5.74) is 1.32. The van der Waals surface area contributed by atoms with Crippen molar-refractivity contribution in [2.24, 2.45) is 16.9 Å². The fourth-order valence-electron chi connectivity index (χ4n) is 4.73. The summed E-state index contributed by atoms with van der Waals surface area (Å²) in [6, 6.07) is 10.8. The van der Waals surface area contributed by atoms with Crippen LogP contribution in [0, 0.1) is 28.9 Å². The molecule has 3 aliphatic rings. The molecule has 4 unspecified atom stereocenters. The van der Waals surface area contributed by atoms with E-state index in [1.54, 1.807) is 24.3 Å². The molecule has 9 nitrogen and oxygen atoms in total. The zero-order valence-electron chi connectivity index (χ0n) is 17.0. The first-order chi connectivity index (χ1) is 15.4. The second-order valence-corrected chi connectivity index (χ2v) is 8.04. The van der Waals surface area contributed by atoms with Crippen molar-refractivity contribution in [3.8, 4) is 0 Å². The lowest BCUT2D eigenvalue weighted by Crippen LogP contribution is -2.46. The number of aryl methyl sites for hydroxylation is 1. The van der Waals surface area contributed by atoms with Gasteiger partial charge in [0.15, 0.2) is 5.78 Å². The number of non-ortho nitro benzene ring substituents is 1. The largest absolute Gasteiger partial charge is 0.292 e. The van der Waals surface area contributed by atoms with Crippen molar-refractivity contribution in [2.75, 3.05) is 4.90 Å². The first-order valence-corrected chi connectivity index (χ1v) is 10.1. The van der Waals surface area contributed by atoms with E-state index in [9.17, 15) is 24.5 Å². The van der Waals surface area contributed by atoms with Gasteiger partial charge in [-0.05, 0) is 25.1 Å². The molecule has 2 amide bonds. The summed E-state index contributed by atoms with van der Waals surface area (Å²) in [5.74, 6) is -3.04. The molecule has 5 rings (SSSR count).